The Morgan fingerprint density at radius 3 is 1.90 bits per heavy atom. The quantitative estimate of drug-likeness (QED) is 0.142. The van der Waals surface area contributed by atoms with Crippen molar-refractivity contribution in [1.82, 2.24) is 14.1 Å². The zero-order chi connectivity index (χ0) is 45.6. The minimum absolute atomic E-state index is 0. The van der Waals surface area contributed by atoms with Crippen LogP contribution in [0, 0.1) is 39.8 Å². The number of hydrogen-bond acceptors (Lipinski definition) is 3. The smallest absolute Gasteiger partial charge is 0.358 e. The van der Waals surface area contributed by atoms with Gasteiger partial charge in [-0.3, -0.25) is 0 Å². The van der Waals surface area contributed by atoms with Gasteiger partial charge in [0.2, 0.25) is 0 Å². The number of aliphatic imine (C=N–C) groups is 1. The van der Waals surface area contributed by atoms with Crippen molar-refractivity contribution in [3.05, 3.63) is 214 Å². The molecule has 0 radical (unpaired) electrons. The average molecular weight is 1050 g/mol. The Bertz CT molecular complexity index is 3500. The van der Waals surface area contributed by atoms with Crippen LogP contribution >= 0.6 is 0 Å². The molecule has 4 heterocycles. The second kappa shape index (κ2) is 16.6. The fraction of sp³-hybridized carbons (Fsp3) is 0.213. The van der Waals surface area contributed by atoms with Gasteiger partial charge in [0.1, 0.15) is 5.65 Å². The van der Waals surface area contributed by atoms with E-state index >= 15 is 0 Å². The predicted octanol–water partition coefficient (Wildman–Crippen LogP) is 14.9. The molecular formula is C61H55N5Pt. The number of hydrogen-bond donors (Lipinski definition) is 0. The summed E-state index contributed by atoms with van der Waals surface area (Å²) in [5.41, 5.74) is 15.6. The first-order chi connectivity index (χ1) is 31.9. The van der Waals surface area contributed by atoms with Crippen molar-refractivity contribution in [2.75, 3.05) is 4.90 Å². The predicted molar refractivity (Wildman–Crippen MR) is 276 cm³/mol. The van der Waals surface area contributed by atoms with Crippen LogP contribution in [0.3, 0.4) is 0 Å². The summed E-state index contributed by atoms with van der Waals surface area (Å²) >= 11 is 0. The van der Waals surface area contributed by atoms with Gasteiger partial charge in [-0.1, -0.05) is 135 Å². The molecule has 7 aromatic carbocycles. The van der Waals surface area contributed by atoms with Gasteiger partial charge in [-0.15, -0.1) is 46.8 Å². The molecule has 0 N–H and O–H groups in total. The van der Waals surface area contributed by atoms with E-state index in [9.17, 15) is 0 Å². The van der Waals surface area contributed by atoms with Gasteiger partial charge >= 0.3 is 21.1 Å². The molecule has 0 bridgehead atoms. The Hall–Kier alpha value is -6.55. The second-order valence-corrected chi connectivity index (χ2v) is 19.5. The second-order valence-electron chi connectivity index (χ2n) is 19.5. The molecule has 11 rings (SSSR count). The van der Waals surface area contributed by atoms with Gasteiger partial charge in [0, 0.05) is 34.1 Å². The number of para-hydroxylation sites is 1. The maximum absolute atomic E-state index is 6.03. The fourth-order valence-corrected chi connectivity index (χ4v) is 11.0. The van der Waals surface area contributed by atoms with E-state index in [0.717, 1.165) is 61.3 Å². The van der Waals surface area contributed by atoms with Crippen LogP contribution in [0.15, 0.2) is 163 Å². The summed E-state index contributed by atoms with van der Waals surface area (Å²) in [6.45, 7) is 20.4. The van der Waals surface area contributed by atoms with Crippen LogP contribution in [0.2, 0.25) is 0 Å². The minimum atomic E-state index is -0.613. The van der Waals surface area contributed by atoms with Crippen LogP contribution < -0.4 is 4.90 Å². The summed E-state index contributed by atoms with van der Waals surface area (Å²) < 4.78 is 4.66. The molecule has 1 aliphatic heterocycles. The molecule has 0 fully saturated rings. The third-order valence-electron chi connectivity index (χ3n) is 14.7. The van der Waals surface area contributed by atoms with Gasteiger partial charge < -0.3 is 19.0 Å². The van der Waals surface area contributed by atoms with Crippen molar-refractivity contribution < 1.29 is 21.1 Å². The van der Waals surface area contributed by atoms with Crippen molar-refractivity contribution in [3.8, 4) is 11.4 Å². The molecule has 1 atom stereocenters. The molecular weight excluding hydrogens is 998 g/mol. The van der Waals surface area contributed by atoms with Crippen LogP contribution in [-0.2, 0) is 21.1 Å². The molecule has 5 nitrogen and oxygen atoms in total. The summed E-state index contributed by atoms with van der Waals surface area (Å²) in [6, 6.07) is 63.4. The molecule has 0 unspecified atom stereocenters. The van der Waals surface area contributed by atoms with E-state index in [4.69, 9.17) is 9.98 Å². The number of rotatable bonds is 8. The Kier molecular flexibility index (Phi) is 11.0. The van der Waals surface area contributed by atoms with E-state index in [2.05, 4.69) is 234 Å². The molecule has 334 valence electrons. The summed E-state index contributed by atoms with van der Waals surface area (Å²) in [7, 11) is 0. The van der Waals surface area contributed by atoms with Crippen molar-refractivity contribution >= 4 is 55.3 Å². The number of aryl methyl sites for hydroxylation is 4. The first-order valence-electron chi connectivity index (χ1n) is 23.3. The molecule has 6 heteroatoms. The van der Waals surface area contributed by atoms with Gasteiger partial charge in [0.05, 0.1) is 22.4 Å². The molecule has 3 aromatic heterocycles. The van der Waals surface area contributed by atoms with Crippen LogP contribution in [0.5, 0.6) is 0 Å². The molecule has 0 amide bonds. The van der Waals surface area contributed by atoms with Crippen LogP contribution in [0.4, 0.5) is 5.69 Å². The monoisotopic (exact) mass is 1050 g/mol. The first-order valence-corrected chi connectivity index (χ1v) is 23.3. The summed E-state index contributed by atoms with van der Waals surface area (Å²) in [5.74, 6) is 1.29. The summed E-state index contributed by atoms with van der Waals surface area (Å²) in [4.78, 5) is 13.5. The third kappa shape index (κ3) is 6.91. The normalized spacial score (nSPS) is 15.9. The topological polar surface area (TPSA) is 38.4 Å². The summed E-state index contributed by atoms with van der Waals surface area (Å²) in [5, 5.41) is 4.67. The largest absolute Gasteiger partial charge is 2.00 e. The minimum Gasteiger partial charge on any atom is -0.358 e. The number of nitrogens with zero attached hydrogens (tertiary/aromatic N) is 5. The molecule has 0 saturated heterocycles. The first kappa shape index (κ1) is 44.3. The van der Waals surface area contributed by atoms with Crippen molar-refractivity contribution in [1.29, 1.82) is 0 Å². The van der Waals surface area contributed by atoms with Gasteiger partial charge in [-0.2, -0.15) is 6.07 Å². The van der Waals surface area contributed by atoms with E-state index in [-0.39, 0.29) is 27.0 Å². The number of amidine groups is 1. The Balaban J connectivity index is 0.00000525. The number of aromatic nitrogens is 3. The van der Waals surface area contributed by atoms with E-state index in [1.165, 1.54) is 49.8 Å². The molecule has 1 aliphatic rings. The summed E-state index contributed by atoms with van der Waals surface area (Å²) in [6.07, 6.45) is 1.89. The Morgan fingerprint density at radius 1 is 0.552 bits per heavy atom. The third-order valence-corrected chi connectivity index (χ3v) is 14.7. The fourth-order valence-electron chi connectivity index (χ4n) is 11.0. The van der Waals surface area contributed by atoms with Crippen LogP contribution in [-0.4, -0.2) is 31.0 Å². The van der Waals surface area contributed by atoms with E-state index in [1.807, 2.05) is 12.3 Å². The zero-order valence-corrected chi connectivity index (χ0v) is 42.0. The van der Waals surface area contributed by atoms with Gasteiger partial charge in [0.25, 0.3) is 0 Å². The number of fused-ring (bicyclic) bond motifs is 6. The van der Waals surface area contributed by atoms with Gasteiger partial charge in [-0.25, -0.2) is 4.98 Å². The molecule has 0 aliphatic carbocycles. The van der Waals surface area contributed by atoms with Crippen LogP contribution in [0.25, 0.3) is 55.1 Å². The number of pyridine rings is 1. The van der Waals surface area contributed by atoms with Gasteiger partial charge in [0.15, 0.2) is 0 Å². The van der Waals surface area contributed by atoms with Crippen molar-refractivity contribution in [2.24, 2.45) is 4.99 Å². The number of anilines is 1. The van der Waals surface area contributed by atoms with E-state index < -0.39 is 11.1 Å². The Morgan fingerprint density at radius 2 is 1.21 bits per heavy atom. The average Bonchev–Trinajstić information content (AvgIpc) is 3.89. The number of benzene rings is 7. The Labute approximate surface area is 409 Å². The van der Waals surface area contributed by atoms with E-state index in [1.54, 1.807) is 0 Å². The van der Waals surface area contributed by atoms with E-state index in [0.29, 0.717) is 5.92 Å². The molecule has 0 saturated carbocycles. The van der Waals surface area contributed by atoms with Crippen molar-refractivity contribution in [2.45, 2.75) is 85.2 Å². The standard InChI is InChI=1S/C61H55N5.Pt/c1-38(2)45-28-32-52-51(35-45)49-24-17-33-62-59(49)64(52)47-29-30-48-50-34-39(3)25-31-53(50)65(55(48)37-47)54-36-46(27-26-40(54)4)58-63-61(9,60(7,8)66(58)57-41(5)18-16-19-42(57)6)56(43-20-12-10-13-21-43)44-22-14-11-15-23-44;/h10-35,38,56H,1-9H3;/q-2;+2/t61-;/m1./s1. The molecule has 0 spiro atoms. The maximum atomic E-state index is 6.03. The van der Waals surface area contributed by atoms with Crippen molar-refractivity contribution in [3.63, 3.8) is 0 Å². The SMILES string of the molecule is Cc1ccc2c(c1)c1ccc(-n3c4ccc(C(C)C)cc4c4cccnc43)[c-]c1n2-c1[c-]c(C2=N[C@](C)(C(c3ccccc3)c3ccccc3)C(C)(C)N2c2c(C)cccc2C)ccc1C.[Pt+2]. The maximum Gasteiger partial charge on any atom is 2.00 e. The van der Waals surface area contributed by atoms with Crippen LogP contribution in [0.1, 0.15) is 91.0 Å². The molecule has 10 aromatic rings. The molecule has 67 heavy (non-hydrogen) atoms. The zero-order valence-electron chi connectivity index (χ0n) is 39.7. The van der Waals surface area contributed by atoms with Gasteiger partial charge in [-0.05, 0) is 117 Å².